The second-order valence-electron chi connectivity index (χ2n) is 5.20. The largest absolute Gasteiger partial charge is 0.547 e. The first kappa shape index (κ1) is 14.8. The summed E-state index contributed by atoms with van der Waals surface area (Å²) in [6.45, 7) is 2.53. The van der Waals surface area contributed by atoms with Crippen LogP contribution in [-0.4, -0.2) is 29.9 Å². The number of alkyl halides is 2. The predicted octanol–water partition coefficient (Wildman–Crippen LogP) is 1.48. The Morgan fingerprint density at radius 3 is 2.95 bits per heavy atom. The van der Waals surface area contributed by atoms with Gasteiger partial charge in [-0.25, -0.2) is 8.78 Å². The van der Waals surface area contributed by atoms with E-state index in [-0.39, 0.29) is 0 Å². The molecule has 0 bridgehead atoms. The van der Waals surface area contributed by atoms with E-state index in [9.17, 15) is 18.6 Å². The van der Waals surface area contributed by atoms with Crippen molar-refractivity contribution < 1.29 is 23.3 Å². The second-order valence-corrected chi connectivity index (χ2v) is 5.20. The zero-order valence-corrected chi connectivity index (χ0v) is 11.3. The SMILES string of the molecule is Cc1cccc2c1OB(O)[C@@H](NC(=O)CC(C)(F)F)C2. The fourth-order valence-corrected chi connectivity index (χ4v) is 2.25. The Bertz CT molecular complexity index is 519. The van der Waals surface area contributed by atoms with Crippen LogP contribution in [0.1, 0.15) is 24.5 Å². The molecule has 1 amide bonds. The van der Waals surface area contributed by atoms with Gasteiger partial charge in [0.25, 0.3) is 5.92 Å². The Balaban J connectivity index is 2.06. The van der Waals surface area contributed by atoms with Crippen LogP contribution in [0.25, 0.3) is 0 Å². The van der Waals surface area contributed by atoms with E-state index in [0.29, 0.717) is 19.1 Å². The maximum atomic E-state index is 12.8. The molecule has 0 aliphatic carbocycles. The zero-order valence-electron chi connectivity index (χ0n) is 11.3. The van der Waals surface area contributed by atoms with E-state index in [1.807, 2.05) is 25.1 Å². The molecule has 0 saturated carbocycles. The topological polar surface area (TPSA) is 58.6 Å². The molecule has 0 radical (unpaired) electrons. The molecule has 7 heteroatoms. The number of rotatable bonds is 3. The van der Waals surface area contributed by atoms with Crippen molar-refractivity contribution in [3.05, 3.63) is 29.3 Å². The highest BCUT2D eigenvalue weighted by Gasteiger charge is 2.37. The molecule has 1 aliphatic rings. The fourth-order valence-electron chi connectivity index (χ4n) is 2.25. The van der Waals surface area contributed by atoms with Crippen molar-refractivity contribution in [2.75, 3.05) is 0 Å². The van der Waals surface area contributed by atoms with Gasteiger partial charge in [0.2, 0.25) is 5.91 Å². The molecule has 1 aromatic carbocycles. The van der Waals surface area contributed by atoms with E-state index in [1.165, 1.54) is 0 Å². The first-order valence-corrected chi connectivity index (χ1v) is 6.37. The van der Waals surface area contributed by atoms with Crippen molar-refractivity contribution in [3.63, 3.8) is 0 Å². The highest BCUT2D eigenvalue weighted by Crippen LogP contribution is 2.29. The maximum Gasteiger partial charge on any atom is 0.547 e. The average molecular weight is 283 g/mol. The Morgan fingerprint density at radius 2 is 2.30 bits per heavy atom. The molecule has 0 unspecified atom stereocenters. The van der Waals surface area contributed by atoms with E-state index in [1.54, 1.807) is 0 Å². The van der Waals surface area contributed by atoms with Crippen LogP contribution in [0.4, 0.5) is 8.78 Å². The molecule has 4 nitrogen and oxygen atoms in total. The van der Waals surface area contributed by atoms with Crippen LogP contribution in [0.15, 0.2) is 18.2 Å². The number of halogens is 2. The Kier molecular flexibility index (Phi) is 3.99. The van der Waals surface area contributed by atoms with Crippen molar-refractivity contribution in [1.29, 1.82) is 0 Å². The maximum absolute atomic E-state index is 12.8. The van der Waals surface area contributed by atoms with Gasteiger partial charge in [-0.2, -0.15) is 0 Å². The lowest BCUT2D eigenvalue weighted by atomic mass is 9.72. The molecule has 20 heavy (non-hydrogen) atoms. The summed E-state index contributed by atoms with van der Waals surface area (Å²) >= 11 is 0. The lowest BCUT2D eigenvalue weighted by molar-refractivity contribution is -0.127. The summed E-state index contributed by atoms with van der Waals surface area (Å²) in [5.74, 6) is -4.01. The van der Waals surface area contributed by atoms with Gasteiger partial charge in [-0.15, -0.1) is 0 Å². The number of aryl methyl sites for hydroxylation is 1. The van der Waals surface area contributed by atoms with Crippen LogP contribution in [0.2, 0.25) is 0 Å². The summed E-state index contributed by atoms with van der Waals surface area (Å²) in [6, 6.07) is 5.51. The van der Waals surface area contributed by atoms with Gasteiger partial charge in [0.15, 0.2) is 0 Å². The van der Waals surface area contributed by atoms with Crippen molar-refractivity contribution in [2.24, 2.45) is 0 Å². The molecule has 1 atom stereocenters. The number of fused-ring (bicyclic) bond motifs is 1. The third-order valence-electron chi connectivity index (χ3n) is 3.13. The molecular weight excluding hydrogens is 267 g/mol. The molecule has 1 aromatic rings. The molecule has 1 aliphatic heterocycles. The Labute approximate surface area is 116 Å². The van der Waals surface area contributed by atoms with E-state index in [4.69, 9.17) is 4.65 Å². The fraction of sp³-hybridized carbons (Fsp3) is 0.462. The van der Waals surface area contributed by atoms with Gasteiger partial charge in [-0.3, -0.25) is 4.79 Å². The predicted molar refractivity (Wildman–Crippen MR) is 70.7 cm³/mol. The number of carbonyl (C=O) groups is 1. The van der Waals surface area contributed by atoms with Crippen molar-refractivity contribution >= 4 is 13.0 Å². The van der Waals surface area contributed by atoms with E-state index in [0.717, 1.165) is 11.1 Å². The van der Waals surface area contributed by atoms with E-state index in [2.05, 4.69) is 5.32 Å². The van der Waals surface area contributed by atoms with Gasteiger partial charge in [-0.1, -0.05) is 18.2 Å². The summed E-state index contributed by atoms with van der Waals surface area (Å²) in [7, 11) is -1.24. The minimum Gasteiger partial charge on any atom is -0.534 e. The molecule has 1 heterocycles. The second kappa shape index (κ2) is 5.40. The van der Waals surface area contributed by atoms with Crippen LogP contribution in [-0.2, 0) is 11.2 Å². The van der Waals surface area contributed by atoms with Crippen molar-refractivity contribution in [1.82, 2.24) is 5.32 Å². The molecule has 0 fully saturated rings. The van der Waals surface area contributed by atoms with Crippen LogP contribution < -0.4 is 9.97 Å². The summed E-state index contributed by atoms with van der Waals surface area (Å²) < 4.78 is 30.9. The van der Waals surface area contributed by atoms with Gasteiger partial charge in [0.05, 0.1) is 12.4 Å². The van der Waals surface area contributed by atoms with Gasteiger partial charge in [0, 0.05) is 0 Å². The number of para-hydroxylation sites is 1. The molecular formula is C13H16BF2NO3. The molecule has 108 valence electrons. The van der Waals surface area contributed by atoms with Crippen molar-refractivity contribution in [2.45, 2.75) is 38.6 Å². The summed E-state index contributed by atoms with van der Waals surface area (Å²) in [5, 5.41) is 12.3. The third-order valence-corrected chi connectivity index (χ3v) is 3.13. The van der Waals surface area contributed by atoms with Crippen LogP contribution in [0.3, 0.4) is 0 Å². The lowest BCUT2D eigenvalue weighted by Crippen LogP contribution is -2.53. The van der Waals surface area contributed by atoms with Crippen molar-refractivity contribution in [3.8, 4) is 5.75 Å². The number of amides is 1. The quantitative estimate of drug-likeness (QED) is 0.826. The lowest BCUT2D eigenvalue weighted by Gasteiger charge is -2.29. The van der Waals surface area contributed by atoms with Gasteiger partial charge >= 0.3 is 7.12 Å². The number of hydrogen-bond acceptors (Lipinski definition) is 3. The van der Waals surface area contributed by atoms with E-state index < -0.39 is 31.3 Å². The molecule has 0 aromatic heterocycles. The van der Waals surface area contributed by atoms with E-state index >= 15 is 0 Å². The highest BCUT2D eigenvalue weighted by molar-refractivity contribution is 6.46. The minimum absolute atomic E-state index is 0.346. The number of benzene rings is 1. The Hall–Kier alpha value is -1.63. The van der Waals surface area contributed by atoms with Crippen LogP contribution >= 0.6 is 0 Å². The highest BCUT2D eigenvalue weighted by atomic mass is 19.3. The molecule has 0 saturated heterocycles. The third kappa shape index (κ3) is 3.48. The van der Waals surface area contributed by atoms with Crippen LogP contribution in [0, 0.1) is 6.92 Å². The summed E-state index contributed by atoms with van der Waals surface area (Å²) in [5.41, 5.74) is 1.72. The molecule has 0 spiro atoms. The average Bonchev–Trinajstić information content (AvgIpc) is 2.29. The normalized spacial score (nSPS) is 18.2. The smallest absolute Gasteiger partial charge is 0.534 e. The molecule has 2 rings (SSSR count). The van der Waals surface area contributed by atoms with Gasteiger partial charge in [-0.05, 0) is 31.4 Å². The monoisotopic (exact) mass is 283 g/mol. The summed E-state index contributed by atoms with van der Waals surface area (Å²) in [4.78, 5) is 11.5. The van der Waals surface area contributed by atoms with Crippen LogP contribution in [0.5, 0.6) is 5.75 Å². The number of carbonyl (C=O) groups excluding carboxylic acids is 1. The standard InChI is InChI=1S/C13H16BF2NO3/c1-8-4-3-5-9-6-10(14(19)20-12(8)9)17-11(18)7-13(2,15)16/h3-5,10,19H,6-7H2,1-2H3,(H,17,18)/t10-/m0/s1. The van der Waals surface area contributed by atoms with Gasteiger partial charge in [0.1, 0.15) is 5.75 Å². The Morgan fingerprint density at radius 1 is 1.60 bits per heavy atom. The minimum atomic E-state index is -3.07. The first-order valence-electron chi connectivity index (χ1n) is 6.37. The first-order chi connectivity index (χ1) is 9.26. The molecule has 2 N–H and O–H groups in total. The number of nitrogens with one attached hydrogen (secondary N) is 1. The zero-order chi connectivity index (χ0) is 14.9. The number of hydrogen-bond donors (Lipinski definition) is 2. The summed E-state index contributed by atoms with van der Waals surface area (Å²) in [6.07, 6.45) is -0.559. The van der Waals surface area contributed by atoms with Gasteiger partial charge < -0.3 is 15.0 Å².